The Morgan fingerprint density at radius 3 is 3.00 bits per heavy atom. The zero-order chi connectivity index (χ0) is 15.2. The minimum Gasteiger partial charge on any atom is -0.481 e. The molecule has 1 aromatic rings. The van der Waals surface area contributed by atoms with Crippen molar-refractivity contribution < 1.29 is 14.3 Å². The molecule has 2 atom stereocenters. The summed E-state index contributed by atoms with van der Waals surface area (Å²) in [7, 11) is 3.59. The fraction of sp³-hybridized carbons (Fsp3) is 0.562. The third kappa shape index (κ3) is 3.95. The van der Waals surface area contributed by atoms with Gasteiger partial charge in [0.05, 0.1) is 6.61 Å². The van der Waals surface area contributed by atoms with Crippen molar-refractivity contribution in [3.63, 3.8) is 0 Å². The summed E-state index contributed by atoms with van der Waals surface area (Å²) in [5.74, 6) is 0.626. The molecule has 0 saturated carbocycles. The molecule has 0 spiro atoms. The standard InChI is InChI=1S/C16H24N2O3/c1-11(16(19)18-8-9-20-3)21-13-5-6-14-12(10-13)4-7-15(14)17-2/h5-6,10-11,15,17H,4,7-9H2,1-3H3,(H,18,19). The Morgan fingerprint density at radius 2 is 2.29 bits per heavy atom. The Balaban J connectivity index is 1.93. The van der Waals surface area contributed by atoms with Gasteiger partial charge in [-0.2, -0.15) is 0 Å². The van der Waals surface area contributed by atoms with E-state index in [2.05, 4.69) is 16.7 Å². The topological polar surface area (TPSA) is 59.6 Å². The third-order valence-corrected chi connectivity index (χ3v) is 3.83. The number of amides is 1. The van der Waals surface area contributed by atoms with Crippen molar-refractivity contribution in [3.8, 4) is 5.75 Å². The van der Waals surface area contributed by atoms with Crippen LogP contribution in [0.25, 0.3) is 0 Å². The summed E-state index contributed by atoms with van der Waals surface area (Å²) >= 11 is 0. The number of nitrogens with one attached hydrogen (secondary N) is 2. The summed E-state index contributed by atoms with van der Waals surface area (Å²) in [6.07, 6.45) is 1.65. The van der Waals surface area contributed by atoms with E-state index in [4.69, 9.17) is 9.47 Å². The van der Waals surface area contributed by atoms with Crippen molar-refractivity contribution in [1.82, 2.24) is 10.6 Å². The van der Waals surface area contributed by atoms with E-state index < -0.39 is 6.10 Å². The minimum absolute atomic E-state index is 0.124. The first-order valence-electron chi connectivity index (χ1n) is 7.39. The first-order chi connectivity index (χ1) is 10.2. The summed E-state index contributed by atoms with van der Waals surface area (Å²) in [6.45, 7) is 2.76. The molecular weight excluding hydrogens is 268 g/mol. The smallest absolute Gasteiger partial charge is 0.260 e. The molecule has 21 heavy (non-hydrogen) atoms. The van der Waals surface area contributed by atoms with Crippen LogP contribution in [0.4, 0.5) is 0 Å². The normalized spacial score (nSPS) is 18.1. The monoisotopic (exact) mass is 292 g/mol. The molecule has 116 valence electrons. The zero-order valence-electron chi connectivity index (χ0n) is 12.9. The first-order valence-corrected chi connectivity index (χ1v) is 7.39. The van der Waals surface area contributed by atoms with E-state index >= 15 is 0 Å². The lowest BCUT2D eigenvalue weighted by molar-refractivity contribution is -0.127. The van der Waals surface area contributed by atoms with Crippen molar-refractivity contribution in [1.29, 1.82) is 0 Å². The molecule has 2 unspecified atom stereocenters. The number of aryl methyl sites for hydroxylation is 1. The van der Waals surface area contributed by atoms with Gasteiger partial charge in [0.15, 0.2) is 6.10 Å². The number of rotatable bonds is 7. The summed E-state index contributed by atoms with van der Waals surface area (Å²) in [4.78, 5) is 11.9. The largest absolute Gasteiger partial charge is 0.481 e. The Labute approximate surface area is 126 Å². The van der Waals surface area contributed by atoms with Gasteiger partial charge >= 0.3 is 0 Å². The molecule has 0 heterocycles. The third-order valence-electron chi connectivity index (χ3n) is 3.83. The SMILES string of the molecule is CNC1CCc2cc(OC(C)C(=O)NCCOC)ccc21. The van der Waals surface area contributed by atoms with E-state index in [0.717, 1.165) is 18.6 Å². The lowest BCUT2D eigenvalue weighted by Gasteiger charge is -2.16. The molecule has 1 amide bonds. The molecular formula is C16H24N2O3. The Hall–Kier alpha value is -1.59. The van der Waals surface area contributed by atoms with E-state index in [-0.39, 0.29) is 5.91 Å². The number of hydrogen-bond acceptors (Lipinski definition) is 4. The molecule has 0 aliphatic heterocycles. The number of methoxy groups -OCH3 is 1. The first kappa shape index (κ1) is 15.8. The lowest BCUT2D eigenvalue weighted by atomic mass is 10.1. The molecule has 2 rings (SSSR count). The van der Waals surface area contributed by atoms with E-state index in [1.165, 1.54) is 11.1 Å². The van der Waals surface area contributed by atoms with Crippen molar-refractivity contribution in [2.75, 3.05) is 27.3 Å². The maximum Gasteiger partial charge on any atom is 0.260 e. The van der Waals surface area contributed by atoms with Crippen LogP contribution in [-0.2, 0) is 16.0 Å². The average Bonchev–Trinajstić information content (AvgIpc) is 2.89. The highest BCUT2D eigenvalue weighted by Gasteiger charge is 2.22. The molecule has 0 saturated heterocycles. The van der Waals surface area contributed by atoms with Crippen LogP contribution < -0.4 is 15.4 Å². The van der Waals surface area contributed by atoms with Gasteiger partial charge in [0.25, 0.3) is 5.91 Å². The van der Waals surface area contributed by atoms with Crippen molar-refractivity contribution >= 4 is 5.91 Å². The number of hydrogen-bond donors (Lipinski definition) is 2. The molecule has 0 bridgehead atoms. The van der Waals surface area contributed by atoms with E-state index in [0.29, 0.717) is 19.2 Å². The highest BCUT2D eigenvalue weighted by Crippen LogP contribution is 2.33. The highest BCUT2D eigenvalue weighted by molar-refractivity contribution is 5.80. The van der Waals surface area contributed by atoms with Crippen molar-refractivity contribution in [3.05, 3.63) is 29.3 Å². The second-order valence-corrected chi connectivity index (χ2v) is 5.28. The van der Waals surface area contributed by atoms with Gasteiger partial charge < -0.3 is 20.1 Å². The van der Waals surface area contributed by atoms with Gasteiger partial charge in [0.2, 0.25) is 0 Å². The van der Waals surface area contributed by atoms with Gasteiger partial charge in [-0.15, -0.1) is 0 Å². The van der Waals surface area contributed by atoms with Crippen LogP contribution >= 0.6 is 0 Å². The number of benzene rings is 1. The van der Waals surface area contributed by atoms with E-state index in [9.17, 15) is 4.79 Å². The second kappa shape index (κ2) is 7.43. The molecule has 5 nitrogen and oxygen atoms in total. The zero-order valence-corrected chi connectivity index (χ0v) is 12.9. The molecule has 5 heteroatoms. The minimum atomic E-state index is -0.513. The Kier molecular flexibility index (Phi) is 5.59. The summed E-state index contributed by atoms with van der Waals surface area (Å²) in [5, 5.41) is 6.08. The van der Waals surface area contributed by atoms with Crippen LogP contribution in [0.15, 0.2) is 18.2 Å². The Bertz CT molecular complexity index is 490. The molecule has 1 aliphatic carbocycles. The van der Waals surface area contributed by atoms with Crippen LogP contribution in [0.1, 0.15) is 30.5 Å². The van der Waals surface area contributed by atoms with Gasteiger partial charge in [-0.3, -0.25) is 4.79 Å². The number of ether oxygens (including phenoxy) is 2. The van der Waals surface area contributed by atoms with E-state index in [1.54, 1.807) is 14.0 Å². The lowest BCUT2D eigenvalue weighted by Crippen LogP contribution is -2.37. The van der Waals surface area contributed by atoms with Crippen LogP contribution in [-0.4, -0.2) is 39.3 Å². The second-order valence-electron chi connectivity index (χ2n) is 5.28. The summed E-state index contributed by atoms with van der Waals surface area (Å²) < 4.78 is 10.6. The van der Waals surface area contributed by atoms with Gasteiger partial charge in [-0.1, -0.05) is 6.07 Å². The van der Waals surface area contributed by atoms with Crippen molar-refractivity contribution in [2.24, 2.45) is 0 Å². The molecule has 0 aromatic heterocycles. The van der Waals surface area contributed by atoms with Crippen LogP contribution in [0, 0.1) is 0 Å². The van der Waals surface area contributed by atoms with Gasteiger partial charge in [0, 0.05) is 19.7 Å². The molecule has 2 N–H and O–H groups in total. The maximum absolute atomic E-state index is 11.9. The van der Waals surface area contributed by atoms with Crippen molar-refractivity contribution in [2.45, 2.75) is 31.9 Å². The quantitative estimate of drug-likeness (QED) is 0.746. The van der Waals surface area contributed by atoms with Crippen LogP contribution in [0.5, 0.6) is 5.75 Å². The van der Waals surface area contributed by atoms with Crippen LogP contribution in [0.2, 0.25) is 0 Å². The predicted molar refractivity (Wildman–Crippen MR) is 81.5 cm³/mol. The predicted octanol–water partition coefficient (Wildman–Crippen LogP) is 1.42. The molecule has 0 fully saturated rings. The molecule has 0 radical (unpaired) electrons. The number of carbonyl (C=O) groups is 1. The van der Waals surface area contributed by atoms with E-state index in [1.807, 2.05) is 19.2 Å². The fourth-order valence-corrected chi connectivity index (χ4v) is 2.64. The average molecular weight is 292 g/mol. The summed E-state index contributed by atoms with van der Waals surface area (Å²) in [5.41, 5.74) is 2.64. The highest BCUT2D eigenvalue weighted by atomic mass is 16.5. The fourth-order valence-electron chi connectivity index (χ4n) is 2.64. The summed E-state index contributed by atoms with van der Waals surface area (Å²) in [6, 6.07) is 6.51. The van der Waals surface area contributed by atoms with Gasteiger partial charge in [-0.25, -0.2) is 0 Å². The van der Waals surface area contributed by atoms with Gasteiger partial charge in [0.1, 0.15) is 5.75 Å². The molecule has 1 aromatic carbocycles. The molecule has 1 aliphatic rings. The number of carbonyl (C=O) groups excluding carboxylic acids is 1. The maximum atomic E-state index is 11.9. The Morgan fingerprint density at radius 1 is 1.48 bits per heavy atom. The van der Waals surface area contributed by atoms with Crippen LogP contribution in [0.3, 0.4) is 0 Å². The van der Waals surface area contributed by atoms with Gasteiger partial charge in [-0.05, 0) is 50.1 Å². The number of fused-ring (bicyclic) bond motifs is 1.